The smallest absolute Gasteiger partial charge is 0.360 e. The van der Waals surface area contributed by atoms with Gasteiger partial charge in [-0.05, 0) is 15.9 Å². The van der Waals surface area contributed by atoms with Crippen LogP contribution in [0.25, 0.3) is 5.82 Å². The number of esters is 1. The first-order valence-electron chi connectivity index (χ1n) is 7.66. The molecule has 0 radical (unpaired) electrons. The van der Waals surface area contributed by atoms with Crippen molar-refractivity contribution in [3.63, 3.8) is 0 Å². The number of nitrogens with one attached hydrogen (secondary N) is 1. The van der Waals surface area contributed by atoms with Crippen molar-refractivity contribution >= 4 is 11.8 Å². The van der Waals surface area contributed by atoms with Crippen LogP contribution in [0.1, 0.15) is 27.8 Å². The molecule has 26 heavy (non-hydrogen) atoms. The maximum atomic E-state index is 11.9. The van der Waals surface area contributed by atoms with Crippen LogP contribution in [-0.4, -0.2) is 50.0 Å². The Bertz CT molecular complexity index is 877. The number of hydrogen-bond acceptors (Lipinski definition) is 10. The van der Waals surface area contributed by atoms with Gasteiger partial charge in [0.25, 0.3) is 0 Å². The second-order valence-electron chi connectivity index (χ2n) is 5.32. The van der Waals surface area contributed by atoms with Crippen molar-refractivity contribution in [2.24, 2.45) is 0 Å². The number of methoxy groups -OCH3 is 1. The van der Waals surface area contributed by atoms with Crippen LogP contribution in [0.15, 0.2) is 35.0 Å². The van der Waals surface area contributed by atoms with Gasteiger partial charge in [0, 0.05) is 13.1 Å². The Hall–Kier alpha value is -3.31. The number of anilines is 1. The fourth-order valence-corrected chi connectivity index (χ4v) is 2.34. The normalized spacial score (nSPS) is 12.1. The van der Waals surface area contributed by atoms with Crippen LogP contribution in [0.5, 0.6) is 0 Å². The number of carbonyl (C=O) groups is 1. The van der Waals surface area contributed by atoms with E-state index in [4.69, 9.17) is 10.5 Å². The largest absolute Gasteiger partial charge is 0.464 e. The molecule has 0 saturated heterocycles. The zero-order chi connectivity index (χ0) is 18.5. The summed E-state index contributed by atoms with van der Waals surface area (Å²) < 4.78 is 10.5. The average molecular weight is 359 g/mol. The lowest BCUT2D eigenvalue weighted by atomic mass is 10.1. The number of aliphatic hydroxyl groups excluding tert-OH is 1. The number of aliphatic hydroxyl groups is 1. The Kier molecular flexibility index (Phi) is 5.20. The third-order valence-corrected chi connectivity index (χ3v) is 3.65. The standard InChI is InChI=1S/C15H17N7O4/c1-25-15(24)12-10(22(21-18-12)14-13(16)19-26-20-14)7-17-8-11(23)9-5-3-2-4-6-9/h2-6,11,17,23H,7-8H2,1H3,(H2,16,19). The van der Waals surface area contributed by atoms with Crippen molar-refractivity contribution in [1.82, 2.24) is 30.6 Å². The Morgan fingerprint density at radius 2 is 2.15 bits per heavy atom. The highest BCUT2D eigenvalue weighted by molar-refractivity contribution is 5.88. The van der Waals surface area contributed by atoms with E-state index in [1.807, 2.05) is 30.3 Å². The van der Waals surface area contributed by atoms with Gasteiger partial charge in [-0.2, -0.15) is 4.68 Å². The van der Waals surface area contributed by atoms with E-state index in [2.05, 4.69) is 30.6 Å². The number of hydrogen-bond donors (Lipinski definition) is 3. The van der Waals surface area contributed by atoms with Crippen molar-refractivity contribution < 1.29 is 19.3 Å². The molecular formula is C15H17N7O4. The van der Waals surface area contributed by atoms with E-state index in [9.17, 15) is 9.90 Å². The van der Waals surface area contributed by atoms with Gasteiger partial charge >= 0.3 is 5.97 Å². The van der Waals surface area contributed by atoms with Gasteiger partial charge in [0.05, 0.1) is 18.9 Å². The van der Waals surface area contributed by atoms with Crippen molar-refractivity contribution in [3.05, 3.63) is 47.3 Å². The van der Waals surface area contributed by atoms with E-state index in [1.165, 1.54) is 11.8 Å². The van der Waals surface area contributed by atoms with E-state index < -0.39 is 12.1 Å². The van der Waals surface area contributed by atoms with Gasteiger partial charge in [0.15, 0.2) is 5.69 Å². The average Bonchev–Trinajstić information content (AvgIpc) is 3.27. The van der Waals surface area contributed by atoms with Gasteiger partial charge in [0.2, 0.25) is 11.6 Å². The van der Waals surface area contributed by atoms with Crippen LogP contribution < -0.4 is 11.1 Å². The maximum Gasteiger partial charge on any atom is 0.360 e. The molecule has 0 spiro atoms. The molecule has 0 aliphatic rings. The molecule has 1 atom stereocenters. The summed E-state index contributed by atoms with van der Waals surface area (Å²) in [6, 6.07) is 9.19. The Morgan fingerprint density at radius 1 is 1.38 bits per heavy atom. The second-order valence-corrected chi connectivity index (χ2v) is 5.32. The van der Waals surface area contributed by atoms with Crippen molar-refractivity contribution in [2.45, 2.75) is 12.6 Å². The first kappa shape index (κ1) is 17.5. The molecule has 0 aliphatic carbocycles. The second kappa shape index (κ2) is 7.72. The van der Waals surface area contributed by atoms with Crippen molar-refractivity contribution in [2.75, 3.05) is 19.4 Å². The van der Waals surface area contributed by atoms with E-state index in [-0.39, 0.29) is 30.4 Å². The van der Waals surface area contributed by atoms with Gasteiger partial charge < -0.3 is 20.9 Å². The lowest BCUT2D eigenvalue weighted by Crippen LogP contribution is -2.24. The van der Waals surface area contributed by atoms with Gasteiger partial charge in [-0.25, -0.2) is 9.42 Å². The molecule has 3 aromatic rings. The Labute approximate surface area is 147 Å². The van der Waals surface area contributed by atoms with E-state index >= 15 is 0 Å². The van der Waals surface area contributed by atoms with Crippen LogP contribution in [0.4, 0.5) is 5.82 Å². The number of carbonyl (C=O) groups excluding carboxylic acids is 1. The van der Waals surface area contributed by atoms with Crippen LogP contribution >= 0.6 is 0 Å². The highest BCUT2D eigenvalue weighted by Gasteiger charge is 2.24. The molecule has 11 nitrogen and oxygen atoms in total. The number of nitrogens with zero attached hydrogens (tertiary/aromatic N) is 5. The predicted molar refractivity (Wildman–Crippen MR) is 88.1 cm³/mol. The molecule has 11 heteroatoms. The van der Waals surface area contributed by atoms with Crippen LogP contribution in [0.2, 0.25) is 0 Å². The predicted octanol–water partition coefficient (Wildman–Crippen LogP) is -0.158. The zero-order valence-electron chi connectivity index (χ0n) is 13.9. The minimum absolute atomic E-state index is 0.00288. The monoisotopic (exact) mass is 359 g/mol. The summed E-state index contributed by atoms with van der Waals surface area (Å²) in [5.41, 5.74) is 6.79. The summed E-state index contributed by atoms with van der Waals surface area (Å²) in [4.78, 5) is 11.9. The van der Waals surface area contributed by atoms with Crippen molar-refractivity contribution in [1.29, 1.82) is 0 Å². The molecule has 1 aromatic carbocycles. The summed E-state index contributed by atoms with van der Waals surface area (Å²) in [7, 11) is 1.24. The van der Waals surface area contributed by atoms with Crippen molar-refractivity contribution in [3.8, 4) is 5.82 Å². The number of ether oxygens (including phenoxy) is 1. The van der Waals surface area contributed by atoms with Gasteiger partial charge in [-0.1, -0.05) is 35.5 Å². The summed E-state index contributed by atoms with van der Waals surface area (Å²) in [5, 5.41) is 28.1. The molecule has 4 N–H and O–H groups in total. The Balaban J connectivity index is 1.78. The molecule has 2 heterocycles. The molecule has 0 aliphatic heterocycles. The first-order valence-corrected chi connectivity index (χ1v) is 7.66. The molecule has 3 rings (SSSR count). The molecule has 0 amide bonds. The SMILES string of the molecule is COC(=O)c1nnn(-c2nonc2N)c1CNCC(O)c1ccccc1. The summed E-state index contributed by atoms with van der Waals surface area (Å²) in [6.07, 6.45) is -0.721. The molecule has 2 aromatic heterocycles. The summed E-state index contributed by atoms with van der Waals surface area (Å²) in [5.74, 6) is -0.559. The number of benzene rings is 1. The number of nitrogens with two attached hydrogens (primary N) is 1. The summed E-state index contributed by atoms with van der Waals surface area (Å²) in [6.45, 7) is 0.385. The Morgan fingerprint density at radius 3 is 2.81 bits per heavy atom. The lowest BCUT2D eigenvalue weighted by molar-refractivity contribution is 0.0592. The number of rotatable bonds is 7. The first-order chi connectivity index (χ1) is 12.6. The third-order valence-electron chi connectivity index (χ3n) is 3.65. The minimum atomic E-state index is -0.721. The van der Waals surface area contributed by atoms with Crippen LogP contribution in [0.3, 0.4) is 0 Å². The van der Waals surface area contributed by atoms with E-state index in [0.29, 0.717) is 5.69 Å². The van der Waals surface area contributed by atoms with Crippen LogP contribution in [-0.2, 0) is 11.3 Å². The molecule has 0 fully saturated rings. The maximum absolute atomic E-state index is 11.9. The summed E-state index contributed by atoms with van der Waals surface area (Å²) >= 11 is 0. The quantitative estimate of drug-likeness (QED) is 0.485. The lowest BCUT2D eigenvalue weighted by Gasteiger charge is -2.12. The third kappa shape index (κ3) is 3.53. The fourth-order valence-electron chi connectivity index (χ4n) is 2.34. The van der Waals surface area contributed by atoms with Crippen LogP contribution in [0, 0.1) is 0 Å². The fraction of sp³-hybridized carbons (Fsp3) is 0.267. The highest BCUT2D eigenvalue weighted by Crippen LogP contribution is 2.17. The van der Waals surface area contributed by atoms with E-state index in [1.54, 1.807) is 0 Å². The molecule has 1 unspecified atom stereocenters. The number of aromatic nitrogens is 5. The number of nitrogen functional groups attached to an aromatic ring is 1. The minimum Gasteiger partial charge on any atom is -0.464 e. The highest BCUT2D eigenvalue weighted by atomic mass is 16.6. The van der Waals surface area contributed by atoms with Gasteiger partial charge in [0.1, 0.15) is 0 Å². The molecule has 136 valence electrons. The van der Waals surface area contributed by atoms with Gasteiger partial charge in [-0.15, -0.1) is 5.10 Å². The van der Waals surface area contributed by atoms with E-state index in [0.717, 1.165) is 5.56 Å². The molecule has 0 saturated carbocycles. The zero-order valence-corrected chi connectivity index (χ0v) is 13.9. The topological polar surface area (TPSA) is 154 Å². The molecular weight excluding hydrogens is 342 g/mol. The van der Waals surface area contributed by atoms with Gasteiger partial charge in [-0.3, -0.25) is 0 Å². The molecule has 0 bridgehead atoms.